The predicted octanol–water partition coefficient (Wildman–Crippen LogP) is 4.96. The van der Waals surface area contributed by atoms with E-state index in [4.69, 9.17) is 21.6 Å². The number of benzene rings is 2. The van der Waals surface area contributed by atoms with Crippen molar-refractivity contribution in [1.82, 2.24) is 19.3 Å². The third kappa shape index (κ3) is 3.82. The molecule has 3 aromatic heterocycles. The molecule has 1 amide bonds. The number of aliphatic imine (C=N–C) groups is 2. The highest BCUT2D eigenvalue weighted by atomic mass is 35.5. The van der Waals surface area contributed by atoms with Crippen molar-refractivity contribution in [1.29, 1.82) is 0 Å². The lowest BCUT2D eigenvalue weighted by molar-refractivity contribution is -0.124. The van der Waals surface area contributed by atoms with Gasteiger partial charge in [-0.1, -0.05) is 53.7 Å². The van der Waals surface area contributed by atoms with Crippen LogP contribution in [0.15, 0.2) is 93.9 Å². The number of aromatic nitrogens is 3. The van der Waals surface area contributed by atoms with Crippen molar-refractivity contribution in [3.8, 4) is 0 Å². The molecule has 2 aliphatic rings. The molecule has 186 valence electrons. The number of nitrogens with one attached hydrogen (secondary N) is 1. The summed E-state index contributed by atoms with van der Waals surface area (Å²) >= 11 is 7.39. The molecule has 0 bridgehead atoms. The Balaban J connectivity index is 1.21. The van der Waals surface area contributed by atoms with Crippen LogP contribution in [0, 0.1) is 0 Å². The number of amidine groups is 2. The Labute approximate surface area is 225 Å². The van der Waals surface area contributed by atoms with Gasteiger partial charge in [0, 0.05) is 47.1 Å². The first-order valence-corrected chi connectivity index (χ1v) is 13.4. The van der Waals surface area contributed by atoms with Gasteiger partial charge >= 0.3 is 0 Å². The molecule has 0 fully saturated rings. The molecule has 2 aliphatic heterocycles. The molecule has 38 heavy (non-hydrogen) atoms. The maximum Gasteiger partial charge on any atom is 0.259 e. The fourth-order valence-corrected chi connectivity index (χ4v) is 5.93. The number of para-hydroxylation sites is 2. The Hall–Kier alpha value is -4.21. The highest BCUT2D eigenvalue weighted by Gasteiger charge is 2.41. The van der Waals surface area contributed by atoms with Crippen molar-refractivity contribution in [3.05, 3.63) is 111 Å². The van der Waals surface area contributed by atoms with Crippen LogP contribution in [-0.4, -0.2) is 42.2 Å². The van der Waals surface area contributed by atoms with Gasteiger partial charge in [-0.05, 0) is 35.9 Å². The van der Waals surface area contributed by atoms with E-state index in [0.29, 0.717) is 39.5 Å². The Morgan fingerprint density at radius 1 is 1.03 bits per heavy atom. The lowest BCUT2D eigenvalue weighted by atomic mass is 10.1. The van der Waals surface area contributed by atoms with Crippen molar-refractivity contribution in [2.24, 2.45) is 9.98 Å². The van der Waals surface area contributed by atoms with Crippen molar-refractivity contribution < 1.29 is 4.79 Å². The summed E-state index contributed by atoms with van der Waals surface area (Å²) in [6.45, 7) is 0. The number of nitrogens with zero attached hydrogens (tertiary/aromatic N) is 5. The topological polar surface area (TPSA) is 95.2 Å². The number of hydrogen-bond donors (Lipinski definition) is 1. The zero-order valence-electron chi connectivity index (χ0n) is 19.8. The van der Waals surface area contributed by atoms with E-state index in [2.05, 4.69) is 9.97 Å². The predicted molar refractivity (Wildman–Crippen MR) is 150 cm³/mol. The van der Waals surface area contributed by atoms with Crippen LogP contribution in [0.3, 0.4) is 0 Å². The summed E-state index contributed by atoms with van der Waals surface area (Å²) in [5.74, 6) is 0.848. The first kappa shape index (κ1) is 22.9. The summed E-state index contributed by atoms with van der Waals surface area (Å²) in [5.41, 5.74) is 4.53. The zero-order chi connectivity index (χ0) is 25.8. The second kappa shape index (κ2) is 8.97. The minimum absolute atomic E-state index is 0.118. The van der Waals surface area contributed by atoms with Gasteiger partial charge in [0.2, 0.25) is 0 Å². The Kier molecular flexibility index (Phi) is 5.41. The number of amides is 1. The normalized spacial score (nSPS) is 16.5. The van der Waals surface area contributed by atoms with Crippen molar-refractivity contribution in [2.75, 3.05) is 0 Å². The monoisotopic (exact) mass is 538 g/mol. The number of carbonyl (C=O) groups excluding carboxylic acids is 1. The number of aromatic amines is 1. The van der Waals surface area contributed by atoms with E-state index in [1.165, 1.54) is 22.2 Å². The minimum atomic E-state index is -0.561. The van der Waals surface area contributed by atoms with Crippen LogP contribution in [-0.2, 0) is 17.0 Å². The highest BCUT2D eigenvalue weighted by Crippen LogP contribution is 2.35. The average Bonchev–Trinajstić information content (AvgIpc) is 3.49. The molecule has 5 heterocycles. The highest BCUT2D eigenvalue weighted by molar-refractivity contribution is 8.13. The molecule has 5 aromatic rings. The molecule has 0 saturated heterocycles. The maximum atomic E-state index is 13.7. The molecule has 1 atom stereocenters. The summed E-state index contributed by atoms with van der Waals surface area (Å²) in [6, 6.07) is 20.0. The molecular formula is C28H19ClN6O2S. The summed E-state index contributed by atoms with van der Waals surface area (Å²) in [5, 5.41) is 2.07. The van der Waals surface area contributed by atoms with Crippen molar-refractivity contribution >= 4 is 62.5 Å². The molecular weight excluding hydrogens is 520 g/mol. The van der Waals surface area contributed by atoms with Gasteiger partial charge in [-0.15, -0.1) is 0 Å². The van der Waals surface area contributed by atoms with Gasteiger partial charge in [-0.3, -0.25) is 19.0 Å². The van der Waals surface area contributed by atoms with Gasteiger partial charge in [0.1, 0.15) is 17.5 Å². The number of pyridine rings is 1. The summed E-state index contributed by atoms with van der Waals surface area (Å²) in [6.07, 6.45) is 3.98. The van der Waals surface area contributed by atoms with Crippen LogP contribution in [0.5, 0.6) is 0 Å². The standard InChI is InChI=1S/C28H19ClN6O2S/c29-17-9-10-24-31-18(12-25(36)34(24)14-17)15-38-28-33-22-8-4-2-6-20(22)26-32-23(27(37)35(26)28)11-16-13-30-21-7-3-1-5-19(16)21/h1-10,12-14,23,30H,11,15H2/t23-/m1/s1. The fourth-order valence-electron chi connectivity index (χ4n) is 4.88. The maximum absolute atomic E-state index is 13.7. The van der Waals surface area contributed by atoms with Crippen LogP contribution >= 0.6 is 23.4 Å². The van der Waals surface area contributed by atoms with Gasteiger partial charge in [0.25, 0.3) is 11.5 Å². The molecule has 10 heteroatoms. The Morgan fingerprint density at radius 3 is 2.79 bits per heavy atom. The Bertz CT molecular complexity index is 1890. The van der Waals surface area contributed by atoms with Crippen LogP contribution in [0.25, 0.3) is 16.6 Å². The van der Waals surface area contributed by atoms with Gasteiger partial charge in [0.15, 0.2) is 5.17 Å². The van der Waals surface area contributed by atoms with Gasteiger partial charge < -0.3 is 4.98 Å². The molecule has 0 aliphatic carbocycles. The van der Waals surface area contributed by atoms with E-state index < -0.39 is 6.04 Å². The molecule has 2 aromatic carbocycles. The number of halogens is 1. The van der Waals surface area contributed by atoms with E-state index in [1.807, 2.05) is 54.7 Å². The first-order valence-electron chi connectivity index (χ1n) is 12.0. The number of fused-ring (bicyclic) bond motifs is 5. The molecule has 7 rings (SSSR count). The molecule has 1 N–H and O–H groups in total. The largest absolute Gasteiger partial charge is 0.361 e. The summed E-state index contributed by atoms with van der Waals surface area (Å²) in [4.78, 5) is 45.5. The molecule has 0 saturated carbocycles. The lowest BCUT2D eigenvalue weighted by Crippen LogP contribution is -2.41. The molecule has 0 spiro atoms. The number of thioether (sulfide) groups is 1. The smallest absolute Gasteiger partial charge is 0.259 e. The second-order valence-corrected chi connectivity index (χ2v) is 10.4. The van der Waals surface area contributed by atoms with Crippen LogP contribution in [0.1, 0.15) is 16.8 Å². The second-order valence-electron chi connectivity index (χ2n) is 9.07. The number of hydrogen-bond acceptors (Lipinski definition) is 6. The quantitative estimate of drug-likeness (QED) is 0.350. The molecule has 8 nitrogen and oxygen atoms in total. The number of carbonyl (C=O) groups is 1. The minimum Gasteiger partial charge on any atom is -0.361 e. The van der Waals surface area contributed by atoms with E-state index in [0.717, 1.165) is 27.7 Å². The van der Waals surface area contributed by atoms with Crippen LogP contribution in [0.4, 0.5) is 5.69 Å². The summed E-state index contributed by atoms with van der Waals surface area (Å²) < 4.78 is 1.41. The van der Waals surface area contributed by atoms with Crippen LogP contribution in [0.2, 0.25) is 5.02 Å². The SMILES string of the molecule is O=C1[C@@H](Cc2c[nH]c3ccccc23)N=C2c3ccccc3N=C(SCc3cc(=O)n4cc(Cl)ccc4n3)N12. The van der Waals surface area contributed by atoms with Gasteiger partial charge in [-0.2, -0.15) is 0 Å². The number of H-pyrrole nitrogens is 1. The average molecular weight is 539 g/mol. The van der Waals surface area contributed by atoms with E-state index in [-0.39, 0.29) is 11.5 Å². The van der Waals surface area contributed by atoms with E-state index >= 15 is 0 Å². The van der Waals surface area contributed by atoms with E-state index in [9.17, 15) is 9.59 Å². The van der Waals surface area contributed by atoms with Crippen LogP contribution < -0.4 is 5.56 Å². The van der Waals surface area contributed by atoms with Gasteiger partial charge in [0.05, 0.1) is 16.4 Å². The van der Waals surface area contributed by atoms with Gasteiger partial charge in [-0.25, -0.2) is 14.9 Å². The fraction of sp³-hybridized carbons (Fsp3) is 0.107. The van der Waals surface area contributed by atoms with Crippen molar-refractivity contribution in [3.63, 3.8) is 0 Å². The lowest BCUT2D eigenvalue weighted by Gasteiger charge is -2.25. The first-order chi connectivity index (χ1) is 18.5. The summed E-state index contributed by atoms with van der Waals surface area (Å²) in [7, 11) is 0. The zero-order valence-corrected chi connectivity index (χ0v) is 21.4. The van der Waals surface area contributed by atoms with E-state index in [1.54, 1.807) is 23.2 Å². The molecule has 0 unspecified atom stereocenters. The van der Waals surface area contributed by atoms with Crippen molar-refractivity contribution in [2.45, 2.75) is 18.2 Å². The molecule has 0 radical (unpaired) electrons. The Morgan fingerprint density at radius 2 is 1.87 bits per heavy atom. The third-order valence-corrected chi connectivity index (χ3v) is 7.86. The third-order valence-electron chi connectivity index (χ3n) is 6.66. The number of rotatable bonds is 4.